The van der Waals surface area contributed by atoms with Gasteiger partial charge in [-0.2, -0.15) is 0 Å². The topological polar surface area (TPSA) is 59.4 Å². The quantitative estimate of drug-likeness (QED) is 0.577. The standard InChI is InChI=1S/C23H26Cl2N4O2/c1-31-19-13-22-21(27-15-19)4-5-23(30)29(22)11-10-28-8-6-18(7-9-28)26-14-16-2-3-17(24)12-20(16)25/h2-5,12-13,15,18,26H,6-11,14H2,1H3. The van der Waals surface area contributed by atoms with E-state index in [1.54, 1.807) is 36.1 Å². The molecule has 3 heterocycles. The van der Waals surface area contributed by atoms with Crippen molar-refractivity contribution in [3.63, 3.8) is 0 Å². The summed E-state index contributed by atoms with van der Waals surface area (Å²) in [4.78, 5) is 19.3. The second-order valence-electron chi connectivity index (χ2n) is 7.84. The van der Waals surface area contributed by atoms with Gasteiger partial charge in [-0.05, 0) is 49.7 Å². The molecule has 0 bridgehead atoms. The van der Waals surface area contributed by atoms with E-state index in [4.69, 9.17) is 27.9 Å². The van der Waals surface area contributed by atoms with E-state index in [1.807, 2.05) is 18.2 Å². The van der Waals surface area contributed by atoms with Gasteiger partial charge in [-0.25, -0.2) is 0 Å². The molecule has 8 heteroatoms. The van der Waals surface area contributed by atoms with Crippen LogP contribution in [0.1, 0.15) is 18.4 Å². The molecule has 1 N–H and O–H groups in total. The number of nitrogens with zero attached hydrogens (tertiary/aromatic N) is 3. The zero-order valence-electron chi connectivity index (χ0n) is 17.5. The number of hydrogen-bond acceptors (Lipinski definition) is 5. The fourth-order valence-electron chi connectivity index (χ4n) is 4.01. The molecule has 1 saturated heterocycles. The molecule has 0 amide bonds. The minimum absolute atomic E-state index is 0.0149. The molecule has 1 aromatic carbocycles. The molecule has 0 aliphatic carbocycles. The van der Waals surface area contributed by atoms with Gasteiger partial charge < -0.3 is 19.5 Å². The van der Waals surface area contributed by atoms with Crippen molar-refractivity contribution in [1.82, 2.24) is 19.8 Å². The van der Waals surface area contributed by atoms with Gasteiger partial charge in [0, 0.05) is 47.9 Å². The lowest BCUT2D eigenvalue weighted by molar-refractivity contribution is 0.191. The summed E-state index contributed by atoms with van der Waals surface area (Å²) >= 11 is 12.2. The largest absolute Gasteiger partial charge is 0.495 e. The van der Waals surface area contributed by atoms with Crippen LogP contribution in [-0.2, 0) is 13.1 Å². The Morgan fingerprint density at radius 2 is 1.94 bits per heavy atom. The maximum absolute atomic E-state index is 12.5. The Bertz CT molecular complexity index is 1110. The number of halogens is 2. The molecule has 1 aliphatic heterocycles. The normalized spacial score (nSPS) is 15.5. The summed E-state index contributed by atoms with van der Waals surface area (Å²) in [7, 11) is 1.60. The summed E-state index contributed by atoms with van der Waals surface area (Å²) in [5, 5.41) is 4.96. The Balaban J connectivity index is 1.31. The van der Waals surface area contributed by atoms with E-state index in [0.717, 1.165) is 55.6 Å². The highest BCUT2D eigenvalue weighted by molar-refractivity contribution is 6.35. The van der Waals surface area contributed by atoms with Crippen LogP contribution in [0.2, 0.25) is 10.0 Å². The Labute approximate surface area is 191 Å². The first-order chi connectivity index (χ1) is 15.0. The Morgan fingerprint density at radius 1 is 1.13 bits per heavy atom. The van der Waals surface area contributed by atoms with Crippen LogP contribution in [0.5, 0.6) is 5.75 Å². The van der Waals surface area contributed by atoms with Crippen molar-refractivity contribution in [3.05, 3.63) is 68.6 Å². The molecule has 2 aromatic heterocycles. The Kier molecular flexibility index (Phi) is 7.13. The van der Waals surface area contributed by atoms with Gasteiger partial charge in [0.1, 0.15) is 5.75 Å². The van der Waals surface area contributed by atoms with Crippen LogP contribution < -0.4 is 15.6 Å². The van der Waals surface area contributed by atoms with E-state index in [0.29, 0.717) is 28.4 Å². The fourth-order valence-corrected chi connectivity index (χ4v) is 4.49. The number of nitrogens with one attached hydrogen (secondary N) is 1. The first-order valence-corrected chi connectivity index (χ1v) is 11.2. The number of aromatic nitrogens is 2. The zero-order valence-corrected chi connectivity index (χ0v) is 19.0. The highest BCUT2D eigenvalue weighted by Gasteiger charge is 2.19. The molecule has 164 valence electrons. The van der Waals surface area contributed by atoms with E-state index >= 15 is 0 Å². The third-order valence-electron chi connectivity index (χ3n) is 5.87. The second kappa shape index (κ2) is 10.0. The predicted octanol–water partition coefficient (Wildman–Crippen LogP) is 3.97. The molecular formula is C23H26Cl2N4O2. The van der Waals surface area contributed by atoms with Crippen LogP contribution in [0.3, 0.4) is 0 Å². The van der Waals surface area contributed by atoms with Gasteiger partial charge in [0.2, 0.25) is 0 Å². The highest BCUT2D eigenvalue weighted by atomic mass is 35.5. The zero-order chi connectivity index (χ0) is 21.8. The second-order valence-corrected chi connectivity index (χ2v) is 8.68. The van der Waals surface area contributed by atoms with Gasteiger partial charge in [-0.15, -0.1) is 0 Å². The summed E-state index contributed by atoms with van der Waals surface area (Å²) in [6, 6.07) is 11.3. The molecule has 4 rings (SSSR count). The van der Waals surface area contributed by atoms with E-state index < -0.39 is 0 Å². The summed E-state index contributed by atoms with van der Waals surface area (Å²) in [5.74, 6) is 0.652. The van der Waals surface area contributed by atoms with E-state index in [1.165, 1.54) is 0 Å². The van der Waals surface area contributed by atoms with Gasteiger partial charge in [-0.3, -0.25) is 9.78 Å². The minimum Gasteiger partial charge on any atom is -0.495 e. The van der Waals surface area contributed by atoms with Crippen molar-refractivity contribution < 1.29 is 4.74 Å². The van der Waals surface area contributed by atoms with Crippen LogP contribution in [0.25, 0.3) is 11.0 Å². The van der Waals surface area contributed by atoms with Gasteiger partial charge in [0.15, 0.2) is 0 Å². The van der Waals surface area contributed by atoms with Crippen LogP contribution in [-0.4, -0.2) is 47.2 Å². The number of hydrogen-bond donors (Lipinski definition) is 1. The Morgan fingerprint density at radius 3 is 2.68 bits per heavy atom. The number of ether oxygens (including phenoxy) is 1. The number of piperidine rings is 1. The molecule has 0 spiro atoms. The molecule has 6 nitrogen and oxygen atoms in total. The SMILES string of the molecule is COc1cnc2ccc(=O)n(CCN3CCC(NCc4ccc(Cl)cc4Cl)CC3)c2c1. The molecule has 31 heavy (non-hydrogen) atoms. The number of pyridine rings is 2. The van der Waals surface area contributed by atoms with Gasteiger partial charge >= 0.3 is 0 Å². The van der Waals surface area contributed by atoms with E-state index in [2.05, 4.69) is 15.2 Å². The molecule has 0 saturated carbocycles. The van der Waals surface area contributed by atoms with Gasteiger partial charge in [-0.1, -0.05) is 29.3 Å². The van der Waals surface area contributed by atoms with Gasteiger partial charge in [0.05, 0.1) is 24.3 Å². The maximum Gasteiger partial charge on any atom is 0.251 e. The molecule has 0 unspecified atom stereocenters. The third kappa shape index (κ3) is 5.39. The highest BCUT2D eigenvalue weighted by Crippen LogP contribution is 2.22. The number of likely N-dealkylation sites (tertiary alicyclic amines) is 1. The predicted molar refractivity (Wildman–Crippen MR) is 125 cm³/mol. The number of methoxy groups -OCH3 is 1. The van der Waals surface area contributed by atoms with Crippen LogP contribution in [0.4, 0.5) is 0 Å². The fraction of sp³-hybridized carbons (Fsp3) is 0.391. The van der Waals surface area contributed by atoms with E-state index in [-0.39, 0.29) is 5.56 Å². The van der Waals surface area contributed by atoms with Crippen molar-refractivity contribution in [3.8, 4) is 5.75 Å². The van der Waals surface area contributed by atoms with Crippen molar-refractivity contribution in [2.75, 3.05) is 26.7 Å². The average molecular weight is 461 g/mol. The maximum atomic E-state index is 12.5. The van der Waals surface area contributed by atoms with Crippen LogP contribution in [0.15, 0.2) is 47.4 Å². The lowest BCUT2D eigenvalue weighted by Crippen LogP contribution is -2.43. The molecule has 0 atom stereocenters. The van der Waals surface area contributed by atoms with Crippen molar-refractivity contribution in [2.45, 2.75) is 32.0 Å². The van der Waals surface area contributed by atoms with Crippen molar-refractivity contribution in [1.29, 1.82) is 0 Å². The first-order valence-electron chi connectivity index (χ1n) is 10.5. The number of fused-ring (bicyclic) bond motifs is 1. The summed E-state index contributed by atoms with van der Waals surface area (Å²) < 4.78 is 7.07. The smallest absolute Gasteiger partial charge is 0.251 e. The number of rotatable bonds is 7. The molecule has 0 radical (unpaired) electrons. The minimum atomic E-state index is -0.0149. The summed E-state index contributed by atoms with van der Waals surface area (Å²) in [6.45, 7) is 4.18. The van der Waals surface area contributed by atoms with Crippen LogP contribution in [0, 0.1) is 0 Å². The molecular weight excluding hydrogens is 435 g/mol. The Hall–Kier alpha value is -2.12. The van der Waals surface area contributed by atoms with Crippen molar-refractivity contribution >= 4 is 34.2 Å². The summed E-state index contributed by atoms with van der Waals surface area (Å²) in [6.07, 6.45) is 3.79. The first kappa shape index (κ1) is 22.1. The molecule has 3 aromatic rings. The lowest BCUT2D eigenvalue weighted by Gasteiger charge is -2.32. The molecule has 1 aliphatic rings. The number of benzene rings is 1. The van der Waals surface area contributed by atoms with Crippen LogP contribution >= 0.6 is 23.2 Å². The van der Waals surface area contributed by atoms with E-state index in [9.17, 15) is 4.79 Å². The monoisotopic (exact) mass is 460 g/mol. The summed E-state index contributed by atoms with van der Waals surface area (Å²) in [5.41, 5.74) is 2.65. The van der Waals surface area contributed by atoms with Gasteiger partial charge in [0.25, 0.3) is 5.56 Å². The third-order valence-corrected chi connectivity index (χ3v) is 6.46. The lowest BCUT2D eigenvalue weighted by atomic mass is 10.0. The molecule has 1 fully saturated rings. The average Bonchev–Trinajstić information content (AvgIpc) is 2.78. The van der Waals surface area contributed by atoms with Crippen molar-refractivity contribution in [2.24, 2.45) is 0 Å².